The number of hydrogen-bond donors (Lipinski definition) is 1. The molecule has 0 saturated carbocycles. The molecule has 0 amide bonds. The van der Waals surface area contributed by atoms with E-state index in [4.69, 9.17) is 5.11 Å². The normalized spacial score (nSPS) is 10.5. The molecule has 0 unspecified atom stereocenters. The number of aliphatic hydroxyl groups is 1. The van der Waals surface area contributed by atoms with Crippen LogP contribution in [0.4, 0.5) is 5.69 Å². The predicted octanol–water partition coefficient (Wildman–Crippen LogP) is 1.42. The zero-order chi connectivity index (χ0) is 9.84. The fraction of sp³-hybridized carbons (Fsp3) is 0.500. The highest BCUT2D eigenvalue weighted by molar-refractivity contribution is 5.46. The molecule has 0 fully saturated rings. The predicted molar refractivity (Wildman–Crippen MR) is 53.7 cm³/mol. The van der Waals surface area contributed by atoms with E-state index in [1.165, 1.54) is 0 Å². The molecule has 3 heteroatoms. The van der Waals surface area contributed by atoms with Gasteiger partial charge in [0, 0.05) is 25.0 Å². The van der Waals surface area contributed by atoms with Crippen molar-refractivity contribution in [3.05, 3.63) is 24.0 Å². The molecule has 0 aliphatic rings. The third-order valence-electron chi connectivity index (χ3n) is 2.14. The molecule has 0 atom stereocenters. The second-order valence-corrected chi connectivity index (χ2v) is 3.37. The lowest BCUT2D eigenvalue weighted by atomic mass is 10.2. The molecule has 13 heavy (non-hydrogen) atoms. The summed E-state index contributed by atoms with van der Waals surface area (Å²) in [6, 6.07) is 4.30. The Bertz CT molecular complexity index is 273. The second-order valence-electron chi connectivity index (χ2n) is 3.37. The van der Waals surface area contributed by atoms with Crippen molar-refractivity contribution in [2.24, 2.45) is 0 Å². The summed E-state index contributed by atoms with van der Waals surface area (Å²) in [7, 11) is 2.03. The molecule has 0 spiro atoms. The van der Waals surface area contributed by atoms with Crippen molar-refractivity contribution >= 4 is 5.69 Å². The Kier molecular flexibility index (Phi) is 3.25. The fourth-order valence-corrected chi connectivity index (χ4v) is 1.07. The van der Waals surface area contributed by atoms with E-state index in [0.717, 1.165) is 5.69 Å². The van der Waals surface area contributed by atoms with Gasteiger partial charge in [-0.3, -0.25) is 4.98 Å². The van der Waals surface area contributed by atoms with Crippen LogP contribution in [0, 0.1) is 0 Å². The molecule has 0 aliphatic heterocycles. The van der Waals surface area contributed by atoms with E-state index in [2.05, 4.69) is 23.7 Å². The Hall–Kier alpha value is -1.09. The summed E-state index contributed by atoms with van der Waals surface area (Å²) in [5, 5.41) is 8.90. The van der Waals surface area contributed by atoms with Crippen molar-refractivity contribution in [2.45, 2.75) is 26.5 Å². The number of nitrogens with zero attached hydrogens (tertiary/aromatic N) is 2. The fourth-order valence-electron chi connectivity index (χ4n) is 1.07. The highest BCUT2D eigenvalue weighted by Crippen LogP contribution is 2.14. The molecule has 3 nitrogen and oxygen atoms in total. The van der Waals surface area contributed by atoms with Crippen LogP contribution in [0.3, 0.4) is 0 Å². The first-order valence-corrected chi connectivity index (χ1v) is 4.43. The van der Waals surface area contributed by atoms with Crippen LogP contribution in [0.5, 0.6) is 0 Å². The smallest absolute Gasteiger partial charge is 0.0853 e. The first-order chi connectivity index (χ1) is 6.15. The van der Waals surface area contributed by atoms with Gasteiger partial charge in [0.2, 0.25) is 0 Å². The molecule has 1 heterocycles. The van der Waals surface area contributed by atoms with E-state index in [1.54, 1.807) is 6.20 Å². The van der Waals surface area contributed by atoms with Crippen molar-refractivity contribution in [2.75, 3.05) is 11.9 Å². The Balaban J connectivity index is 2.88. The summed E-state index contributed by atoms with van der Waals surface area (Å²) in [6.07, 6.45) is 1.72. The lowest BCUT2D eigenvalue weighted by Crippen LogP contribution is -2.25. The van der Waals surface area contributed by atoms with Crippen LogP contribution in [-0.2, 0) is 6.61 Å². The summed E-state index contributed by atoms with van der Waals surface area (Å²) < 4.78 is 0. The van der Waals surface area contributed by atoms with Crippen molar-refractivity contribution in [3.8, 4) is 0 Å². The number of anilines is 1. The third-order valence-corrected chi connectivity index (χ3v) is 2.14. The standard InChI is InChI=1S/C10H16N2O/c1-8(2)12(3)10-4-5-11-9(6-10)7-13/h4-6,8,13H,7H2,1-3H3. The molecule has 1 N–H and O–H groups in total. The van der Waals surface area contributed by atoms with Gasteiger partial charge in [-0.25, -0.2) is 0 Å². The molecule has 0 saturated heterocycles. The van der Waals surface area contributed by atoms with Crippen LogP contribution in [-0.4, -0.2) is 23.2 Å². The summed E-state index contributed by atoms with van der Waals surface area (Å²) in [4.78, 5) is 6.16. The van der Waals surface area contributed by atoms with E-state index in [-0.39, 0.29) is 6.61 Å². The van der Waals surface area contributed by atoms with Gasteiger partial charge in [0.1, 0.15) is 0 Å². The Morgan fingerprint density at radius 1 is 1.54 bits per heavy atom. The Morgan fingerprint density at radius 2 is 2.23 bits per heavy atom. The topological polar surface area (TPSA) is 36.4 Å². The minimum Gasteiger partial charge on any atom is -0.390 e. The van der Waals surface area contributed by atoms with Crippen LogP contribution in [0.1, 0.15) is 19.5 Å². The van der Waals surface area contributed by atoms with E-state index in [0.29, 0.717) is 11.7 Å². The lowest BCUT2D eigenvalue weighted by Gasteiger charge is -2.23. The van der Waals surface area contributed by atoms with Gasteiger partial charge in [0.25, 0.3) is 0 Å². The summed E-state index contributed by atoms with van der Waals surface area (Å²) in [5.74, 6) is 0. The van der Waals surface area contributed by atoms with Crippen molar-refractivity contribution < 1.29 is 5.11 Å². The van der Waals surface area contributed by atoms with Crippen LogP contribution in [0.25, 0.3) is 0 Å². The number of hydrogen-bond acceptors (Lipinski definition) is 3. The van der Waals surface area contributed by atoms with Gasteiger partial charge in [0.05, 0.1) is 12.3 Å². The average Bonchev–Trinajstić information content (AvgIpc) is 2.16. The van der Waals surface area contributed by atoms with E-state index < -0.39 is 0 Å². The zero-order valence-electron chi connectivity index (χ0n) is 8.36. The lowest BCUT2D eigenvalue weighted by molar-refractivity contribution is 0.277. The maximum atomic E-state index is 8.90. The van der Waals surface area contributed by atoms with Gasteiger partial charge < -0.3 is 10.0 Å². The van der Waals surface area contributed by atoms with Crippen molar-refractivity contribution in [3.63, 3.8) is 0 Å². The molecule has 0 aliphatic carbocycles. The van der Waals surface area contributed by atoms with Crippen LogP contribution >= 0.6 is 0 Å². The van der Waals surface area contributed by atoms with Crippen molar-refractivity contribution in [1.29, 1.82) is 0 Å². The quantitative estimate of drug-likeness (QED) is 0.764. The van der Waals surface area contributed by atoms with E-state index >= 15 is 0 Å². The highest BCUT2D eigenvalue weighted by Gasteiger charge is 2.04. The maximum absolute atomic E-state index is 8.90. The van der Waals surface area contributed by atoms with Gasteiger partial charge >= 0.3 is 0 Å². The van der Waals surface area contributed by atoms with E-state index in [1.807, 2.05) is 19.2 Å². The summed E-state index contributed by atoms with van der Waals surface area (Å²) in [5.41, 5.74) is 1.80. The number of pyridine rings is 1. The first kappa shape index (κ1) is 9.99. The molecule has 1 aromatic heterocycles. The monoisotopic (exact) mass is 180 g/mol. The van der Waals surface area contributed by atoms with Crippen molar-refractivity contribution in [1.82, 2.24) is 4.98 Å². The summed E-state index contributed by atoms with van der Waals surface area (Å²) >= 11 is 0. The molecular weight excluding hydrogens is 164 g/mol. The van der Waals surface area contributed by atoms with Crippen LogP contribution < -0.4 is 4.90 Å². The molecule has 72 valence electrons. The third kappa shape index (κ3) is 2.42. The Labute approximate surface area is 79.0 Å². The van der Waals surface area contributed by atoms with Crippen LogP contribution in [0.15, 0.2) is 18.3 Å². The summed E-state index contributed by atoms with van der Waals surface area (Å²) in [6.45, 7) is 4.25. The molecular formula is C10H16N2O. The minimum atomic E-state index is -0.000223. The van der Waals surface area contributed by atoms with Crippen LogP contribution in [0.2, 0.25) is 0 Å². The van der Waals surface area contributed by atoms with Gasteiger partial charge in [-0.2, -0.15) is 0 Å². The molecule has 0 radical (unpaired) electrons. The average molecular weight is 180 g/mol. The number of rotatable bonds is 3. The number of aromatic nitrogens is 1. The maximum Gasteiger partial charge on any atom is 0.0853 e. The van der Waals surface area contributed by atoms with Gasteiger partial charge in [0.15, 0.2) is 0 Å². The van der Waals surface area contributed by atoms with E-state index in [9.17, 15) is 0 Å². The molecule has 0 bridgehead atoms. The largest absolute Gasteiger partial charge is 0.390 e. The first-order valence-electron chi connectivity index (χ1n) is 4.43. The molecule has 0 aromatic carbocycles. The highest BCUT2D eigenvalue weighted by atomic mass is 16.3. The van der Waals surface area contributed by atoms with Gasteiger partial charge in [-0.05, 0) is 26.0 Å². The zero-order valence-corrected chi connectivity index (χ0v) is 8.36. The molecule has 1 rings (SSSR count). The van der Waals surface area contributed by atoms with Gasteiger partial charge in [-0.1, -0.05) is 0 Å². The molecule has 1 aromatic rings. The van der Waals surface area contributed by atoms with Gasteiger partial charge in [-0.15, -0.1) is 0 Å². The Morgan fingerprint density at radius 3 is 2.77 bits per heavy atom. The minimum absolute atomic E-state index is 0.000223. The SMILES string of the molecule is CC(C)N(C)c1ccnc(CO)c1. The number of aliphatic hydroxyl groups excluding tert-OH is 1. The second kappa shape index (κ2) is 4.23.